The van der Waals surface area contributed by atoms with Crippen LogP contribution in [-0.2, 0) is 6.42 Å². The Bertz CT molecular complexity index is 613. The Kier molecular flexibility index (Phi) is 4.55. The van der Waals surface area contributed by atoms with Gasteiger partial charge in [0.2, 0.25) is 5.75 Å². The van der Waals surface area contributed by atoms with Gasteiger partial charge in [0, 0.05) is 12.7 Å². The van der Waals surface area contributed by atoms with Crippen LogP contribution in [0.1, 0.15) is 5.56 Å². The second-order valence-corrected chi connectivity index (χ2v) is 4.47. The van der Waals surface area contributed by atoms with Crippen molar-refractivity contribution in [2.24, 2.45) is 0 Å². The summed E-state index contributed by atoms with van der Waals surface area (Å²) in [4.78, 5) is 10.4. The van der Waals surface area contributed by atoms with Crippen LogP contribution in [0.4, 0.5) is 5.69 Å². The first-order valence-corrected chi connectivity index (χ1v) is 6.30. The van der Waals surface area contributed by atoms with Gasteiger partial charge in [0.1, 0.15) is 5.75 Å². The minimum absolute atomic E-state index is 0.0223. The number of nitro groups is 1. The Morgan fingerprint density at radius 2 is 1.90 bits per heavy atom. The van der Waals surface area contributed by atoms with E-state index in [4.69, 9.17) is 21.4 Å². The fourth-order valence-corrected chi connectivity index (χ4v) is 1.92. The van der Waals surface area contributed by atoms with Crippen molar-refractivity contribution in [2.75, 3.05) is 6.61 Å². The number of halogens is 1. The van der Waals surface area contributed by atoms with Gasteiger partial charge >= 0.3 is 5.69 Å². The van der Waals surface area contributed by atoms with Gasteiger partial charge in [-0.25, -0.2) is 0 Å². The monoisotopic (exact) mass is 293 g/mol. The summed E-state index contributed by atoms with van der Waals surface area (Å²) in [6.45, 7) is 0.0657. The van der Waals surface area contributed by atoms with Gasteiger partial charge < -0.3 is 9.84 Å². The first-order valence-electron chi connectivity index (χ1n) is 5.92. The summed E-state index contributed by atoms with van der Waals surface area (Å²) in [7, 11) is 0. The number of nitro benzene ring substituents is 1. The molecule has 0 saturated heterocycles. The third-order valence-corrected chi connectivity index (χ3v) is 2.98. The quantitative estimate of drug-likeness (QED) is 0.675. The smallest absolute Gasteiger partial charge is 0.313 e. The molecule has 20 heavy (non-hydrogen) atoms. The summed E-state index contributed by atoms with van der Waals surface area (Å²) in [6.07, 6.45) is 0.548. The van der Waals surface area contributed by atoms with Crippen LogP contribution < -0.4 is 4.74 Å². The number of rotatable bonds is 5. The van der Waals surface area contributed by atoms with E-state index in [1.54, 1.807) is 24.3 Å². The predicted molar refractivity (Wildman–Crippen MR) is 75.4 cm³/mol. The van der Waals surface area contributed by atoms with Gasteiger partial charge in [-0.3, -0.25) is 10.1 Å². The standard InChI is InChI=1S/C14H12ClNO4/c15-12-2-1-3-13(16(18)19)14(12)20-11-6-4-10(5-7-11)8-9-17/h1-7,17H,8-9H2. The summed E-state index contributed by atoms with van der Waals surface area (Å²) < 4.78 is 5.50. The number of nitrogens with zero attached hydrogens (tertiary/aromatic N) is 1. The zero-order chi connectivity index (χ0) is 14.5. The van der Waals surface area contributed by atoms with Gasteiger partial charge in [-0.1, -0.05) is 29.8 Å². The highest BCUT2D eigenvalue weighted by molar-refractivity contribution is 6.32. The van der Waals surface area contributed by atoms with Gasteiger partial charge in [-0.2, -0.15) is 0 Å². The maximum Gasteiger partial charge on any atom is 0.313 e. The lowest BCUT2D eigenvalue weighted by Crippen LogP contribution is -1.95. The van der Waals surface area contributed by atoms with Gasteiger partial charge in [-0.15, -0.1) is 0 Å². The lowest BCUT2D eigenvalue weighted by molar-refractivity contribution is -0.385. The lowest BCUT2D eigenvalue weighted by Gasteiger charge is -2.08. The van der Waals surface area contributed by atoms with Gasteiger partial charge in [0.25, 0.3) is 0 Å². The third-order valence-electron chi connectivity index (χ3n) is 2.69. The van der Waals surface area contributed by atoms with E-state index in [1.807, 2.05) is 0 Å². The molecular weight excluding hydrogens is 282 g/mol. The van der Waals surface area contributed by atoms with Gasteiger partial charge in [0.15, 0.2) is 0 Å². The highest BCUT2D eigenvalue weighted by Gasteiger charge is 2.18. The van der Waals surface area contributed by atoms with Crippen LogP contribution in [0.25, 0.3) is 0 Å². The Morgan fingerprint density at radius 3 is 2.50 bits per heavy atom. The van der Waals surface area contributed by atoms with Crippen LogP contribution in [-0.4, -0.2) is 16.6 Å². The summed E-state index contributed by atoms with van der Waals surface area (Å²) >= 11 is 5.94. The third kappa shape index (κ3) is 3.26. The fraction of sp³-hybridized carbons (Fsp3) is 0.143. The van der Waals surface area contributed by atoms with Crippen molar-refractivity contribution in [1.82, 2.24) is 0 Å². The Labute approximate surface area is 120 Å². The highest BCUT2D eigenvalue weighted by atomic mass is 35.5. The molecule has 2 aromatic carbocycles. The van der Waals surface area contributed by atoms with E-state index in [0.717, 1.165) is 5.56 Å². The van der Waals surface area contributed by atoms with E-state index in [0.29, 0.717) is 12.2 Å². The number of ether oxygens (including phenoxy) is 1. The molecule has 2 aromatic rings. The van der Waals surface area contributed by atoms with E-state index < -0.39 is 4.92 Å². The molecule has 2 rings (SSSR count). The van der Waals surface area contributed by atoms with Crippen LogP contribution in [0.15, 0.2) is 42.5 Å². The van der Waals surface area contributed by atoms with Crippen molar-refractivity contribution in [3.8, 4) is 11.5 Å². The Balaban J connectivity index is 2.27. The molecule has 1 N–H and O–H groups in total. The Hall–Kier alpha value is -2.11. The van der Waals surface area contributed by atoms with Crippen LogP contribution >= 0.6 is 11.6 Å². The van der Waals surface area contributed by atoms with Gasteiger partial charge in [-0.05, 0) is 30.2 Å². The minimum atomic E-state index is -0.540. The highest BCUT2D eigenvalue weighted by Crippen LogP contribution is 2.37. The van der Waals surface area contributed by atoms with E-state index in [1.165, 1.54) is 18.2 Å². The molecule has 0 spiro atoms. The number of aliphatic hydroxyl groups is 1. The predicted octanol–water partition coefficient (Wildman–Crippen LogP) is 3.58. The molecule has 0 radical (unpaired) electrons. The molecule has 0 fully saturated rings. The fourth-order valence-electron chi connectivity index (χ4n) is 1.71. The van der Waals surface area contributed by atoms with Crippen molar-refractivity contribution in [1.29, 1.82) is 0 Å². The summed E-state index contributed by atoms with van der Waals surface area (Å²) in [5.74, 6) is 0.469. The average molecular weight is 294 g/mol. The Morgan fingerprint density at radius 1 is 1.20 bits per heavy atom. The largest absolute Gasteiger partial charge is 0.449 e. The number of aliphatic hydroxyl groups excluding tert-OH is 1. The van der Waals surface area contributed by atoms with Crippen LogP contribution in [0.2, 0.25) is 5.02 Å². The van der Waals surface area contributed by atoms with Crippen LogP contribution in [0.5, 0.6) is 11.5 Å². The van der Waals surface area contributed by atoms with Crippen molar-refractivity contribution in [2.45, 2.75) is 6.42 Å². The van der Waals surface area contributed by atoms with Crippen LogP contribution in [0, 0.1) is 10.1 Å². The molecule has 0 heterocycles. The molecule has 0 unspecified atom stereocenters. The number of hydrogen-bond acceptors (Lipinski definition) is 4. The number of para-hydroxylation sites is 1. The van der Waals surface area contributed by atoms with E-state index in [-0.39, 0.29) is 23.1 Å². The second kappa shape index (κ2) is 6.36. The second-order valence-electron chi connectivity index (χ2n) is 4.06. The average Bonchev–Trinajstić information content (AvgIpc) is 2.43. The minimum Gasteiger partial charge on any atom is -0.449 e. The van der Waals surface area contributed by atoms with E-state index >= 15 is 0 Å². The molecule has 5 nitrogen and oxygen atoms in total. The molecule has 0 bridgehead atoms. The molecule has 0 aromatic heterocycles. The summed E-state index contributed by atoms with van der Waals surface area (Å²) in [5, 5.41) is 20.0. The molecule has 0 aliphatic carbocycles. The SMILES string of the molecule is O=[N+]([O-])c1cccc(Cl)c1Oc1ccc(CCO)cc1. The normalized spacial score (nSPS) is 10.3. The molecule has 0 aliphatic rings. The summed E-state index contributed by atoms with van der Waals surface area (Å²) in [5.41, 5.74) is 0.769. The lowest BCUT2D eigenvalue weighted by atomic mass is 10.1. The molecule has 104 valence electrons. The zero-order valence-corrected chi connectivity index (χ0v) is 11.2. The zero-order valence-electron chi connectivity index (χ0n) is 10.5. The van der Waals surface area contributed by atoms with Crippen LogP contribution in [0.3, 0.4) is 0 Å². The maximum absolute atomic E-state index is 10.9. The van der Waals surface area contributed by atoms with Crippen molar-refractivity contribution < 1.29 is 14.8 Å². The van der Waals surface area contributed by atoms with Crippen molar-refractivity contribution in [3.63, 3.8) is 0 Å². The maximum atomic E-state index is 10.9. The van der Waals surface area contributed by atoms with Crippen molar-refractivity contribution >= 4 is 17.3 Å². The molecular formula is C14H12ClNO4. The molecule has 6 heteroatoms. The molecule has 0 saturated carbocycles. The first kappa shape index (κ1) is 14.3. The topological polar surface area (TPSA) is 72.6 Å². The molecule has 0 aliphatic heterocycles. The summed E-state index contributed by atoms with van der Waals surface area (Å²) in [6, 6.07) is 11.3. The first-order chi connectivity index (χ1) is 9.61. The van der Waals surface area contributed by atoms with E-state index in [9.17, 15) is 10.1 Å². The van der Waals surface area contributed by atoms with E-state index in [2.05, 4.69) is 0 Å². The number of benzene rings is 2. The molecule has 0 atom stereocenters. The molecule has 0 amide bonds. The number of hydrogen-bond donors (Lipinski definition) is 1. The van der Waals surface area contributed by atoms with Gasteiger partial charge in [0.05, 0.1) is 9.95 Å². The van der Waals surface area contributed by atoms with Crippen molar-refractivity contribution in [3.05, 3.63) is 63.2 Å².